The van der Waals surface area contributed by atoms with Gasteiger partial charge in [0.05, 0.1) is 24.3 Å². The quantitative estimate of drug-likeness (QED) is 0.643. The second-order valence-electron chi connectivity index (χ2n) is 6.69. The Balaban J connectivity index is 5.37. The SMILES string of the molecule is COC(C)C(C)(C)C(C#N)N=NC(C#N)C(C)(C)C(C)OC. The van der Waals surface area contributed by atoms with Crippen LogP contribution in [-0.4, -0.2) is 38.5 Å². The molecule has 0 rings (SSSR count). The van der Waals surface area contributed by atoms with Gasteiger partial charge >= 0.3 is 0 Å². The van der Waals surface area contributed by atoms with E-state index in [-0.39, 0.29) is 12.2 Å². The lowest BCUT2D eigenvalue weighted by atomic mass is 9.80. The standard InChI is InChI=1S/C16H28N4O2/c1-11(21-7)15(3,4)13(9-17)19-20-14(10-18)16(5,6)12(2)22-8/h11-14H,1-8H3. The first kappa shape index (κ1) is 20.5. The smallest absolute Gasteiger partial charge is 0.164 e. The molecule has 22 heavy (non-hydrogen) atoms. The molecule has 4 atom stereocenters. The number of hydrogen-bond acceptors (Lipinski definition) is 6. The first-order valence-electron chi connectivity index (χ1n) is 7.34. The van der Waals surface area contributed by atoms with E-state index < -0.39 is 22.9 Å². The van der Waals surface area contributed by atoms with Gasteiger partial charge < -0.3 is 9.47 Å². The van der Waals surface area contributed by atoms with E-state index in [0.29, 0.717) is 0 Å². The number of ether oxygens (including phenoxy) is 2. The highest BCUT2D eigenvalue weighted by Gasteiger charge is 2.38. The molecule has 0 aromatic rings. The summed E-state index contributed by atoms with van der Waals surface area (Å²) < 4.78 is 10.6. The van der Waals surface area contributed by atoms with Crippen molar-refractivity contribution in [2.75, 3.05) is 14.2 Å². The van der Waals surface area contributed by atoms with Gasteiger partial charge in [-0.15, -0.1) is 0 Å². The Morgan fingerprint density at radius 1 is 0.773 bits per heavy atom. The van der Waals surface area contributed by atoms with Gasteiger partial charge in [0.2, 0.25) is 0 Å². The number of nitriles is 2. The Bertz CT molecular complexity index is 418. The summed E-state index contributed by atoms with van der Waals surface area (Å²) in [6, 6.07) is 2.93. The van der Waals surface area contributed by atoms with Crippen molar-refractivity contribution in [3.05, 3.63) is 0 Å². The highest BCUT2D eigenvalue weighted by atomic mass is 16.5. The molecule has 0 aromatic carbocycles. The molecule has 6 heteroatoms. The van der Waals surface area contributed by atoms with E-state index in [2.05, 4.69) is 22.4 Å². The van der Waals surface area contributed by atoms with Crippen LogP contribution in [0, 0.1) is 33.5 Å². The van der Waals surface area contributed by atoms with Gasteiger partial charge in [-0.3, -0.25) is 0 Å². The molecule has 0 heterocycles. The highest BCUT2D eigenvalue weighted by molar-refractivity contribution is 5.05. The van der Waals surface area contributed by atoms with E-state index in [9.17, 15) is 10.5 Å². The Kier molecular flexibility index (Phi) is 7.66. The summed E-state index contributed by atoms with van der Waals surface area (Å²) in [6.45, 7) is 11.4. The topological polar surface area (TPSA) is 90.8 Å². The van der Waals surface area contributed by atoms with Crippen LogP contribution in [0.5, 0.6) is 0 Å². The van der Waals surface area contributed by atoms with Crippen LogP contribution in [0.2, 0.25) is 0 Å². The van der Waals surface area contributed by atoms with Gasteiger partial charge in [0.15, 0.2) is 12.1 Å². The maximum atomic E-state index is 9.38. The van der Waals surface area contributed by atoms with Crippen molar-refractivity contribution in [1.82, 2.24) is 0 Å². The van der Waals surface area contributed by atoms with Crippen molar-refractivity contribution in [3.63, 3.8) is 0 Å². The summed E-state index contributed by atoms with van der Waals surface area (Å²) in [5.41, 5.74) is -1.02. The fourth-order valence-corrected chi connectivity index (χ4v) is 1.87. The summed E-state index contributed by atoms with van der Waals surface area (Å²) >= 11 is 0. The van der Waals surface area contributed by atoms with Crippen molar-refractivity contribution in [2.45, 2.75) is 65.8 Å². The molecule has 0 aromatic heterocycles. The first-order valence-corrected chi connectivity index (χ1v) is 7.34. The zero-order valence-electron chi connectivity index (χ0n) is 14.9. The molecule has 124 valence electrons. The minimum absolute atomic E-state index is 0.164. The summed E-state index contributed by atoms with van der Waals surface area (Å²) in [6.07, 6.45) is -0.329. The molecule has 0 saturated heterocycles. The minimum Gasteiger partial charge on any atom is -0.381 e. The summed E-state index contributed by atoms with van der Waals surface area (Å²) in [5.74, 6) is 0. The van der Waals surface area contributed by atoms with E-state index in [1.165, 1.54) is 0 Å². The predicted octanol–water partition coefficient (Wildman–Crippen LogP) is 3.35. The predicted molar refractivity (Wildman–Crippen MR) is 84.2 cm³/mol. The molecule has 0 aliphatic carbocycles. The molecule has 0 N–H and O–H groups in total. The fourth-order valence-electron chi connectivity index (χ4n) is 1.87. The van der Waals surface area contributed by atoms with Gasteiger partial charge in [-0.2, -0.15) is 20.8 Å². The molecule has 0 radical (unpaired) electrons. The second-order valence-corrected chi connectivity index (χ2v) is 6.69. The number of hydrogen-bond donors (Lipinski definition) is 0. The lowest BCUT2D eigenvalue weighted by molar-refractivity contribution is 0.00899. The number of azo groups is 1. The maximum absolute atomic E-state index is 9.38. The van der Waals surface area contributed by atoms with Crippen LogP contribution in [0.1, 0.15) is 41.5 Å². The Labute approximate surface area is 134 Å². The zero-order valence-corrected chi connectivity index (χ0v) is 14.9. The third kappa shape index (κ3) is 4.50. The molecule has 4 unspecified atom stereocenters. The zero-order chi connectivity index (χ0) is 17.6. The molecule has 0 aliphatic heterocycles. The number of rotatable bonds is 8. The average Bonchev–Trinajstić information content (AvgIpc) is 2.48. The molecule has 0 amide bonds. The van der Waals surface area contributed by atoms with Crippen LogP contribution in [-0.2, 0) is 9.47 Å². The fraction of sp³-hybridized carbons (Fsp3) is 0.875. The van der Waals surface area contributed by atoms with Crippen LogP contribution < -0.4 is 0 Å². The largest absolute Gasteiger partial charge is 0.381 e. The molecule has 0 saturated carbocycles. The van der Waals surface area contributed by atoms with Gasteiger partial charge in [0.1, 0.15) is 0 Å². The lowest BCUT2D eigenvalue weighted by Gasteiger charge is -2.34. The van der Waals surface area contributed by atoms with Gasteiger partial charge in [-0.1, -0.05) is 27.7 Å². The molecule has 0 aliphatic rings. The number of methoxy groups -OCH3 is 2. The van der Waals surface area contributed by atoms with E-state index in [4.69, 9.17) is 9.47 Å². The maximum Gasteiger partial charge on any atom is 0.164 e. The first-order chi connectivity index (χ1) is 10.1. The van der Waals surface area contributed by atoms with E-state index in [0.717, 1.165) is 0 Å². The van der Waals surface area contributed by atoms with Crippen molar-refractivity contribution in [2.24, 2.45) is 21.1 Å². The minimum atomic E-state index is -0.688. The van der Waals surface area contributed by atoms with Crippen LogP contribution >= 0.6 is 0 Å². The van der Waals surface area contributed by atoms with Crippen molar-refractivity contribution >= 4 is 0 Å². The lowest BCUT2D eigenvalue weighted by Crippen LogP contribution is -2.40. The molecular weight excluding hydrogens is 280 g/mol. The summed E-state index contributed by atoms with van der Waals surface area (Å²) in [5, 5.41) is 27.1. The van der Waals surface area contributed by atoms with Gasteiger partial charge in [0.25, 0.3) is 0 Å². The third-order valence-electron chi connectivity index (χ3n) is 4.75. The average molecular weight is 308 g/mol. The monoisotopic (exact) mass is 308 g/mol. The third-order valence-corrected chi connectivity index (χ3v) is 4.75. The second kappa shape index (κ2) is 8.22. The highest BCUT2D eigenvalue weighted by Crippen LogP contribution is 2.32. The Hall–Kier alpha value is -1.50. The van der Waals surface area contributed by atoms with E-state index in [1.54, 1.807) is 14.2 Å². The summed E-state index contributed by atoms with van der Waals surface area (Å²) in [7, 11) is 3.19. The van der Waals surface area contributed by atoms with Gasteiger partial charge in [-0.05, 0) is 13.8 Å². The van der Waals surface area contributed by atoms with Crippen molar-refractivity contribution in [1.29, 1.82) is 10.5 Å². The van der Waals surface area contributed by atoms with Gasteiger partial charge in [-0.25, -0.2) is 0 Å². The Morgan fingerprint density at radius 3 is 1.23 bits per heavy atom. The van der Waals surface area contributed by atoms with Gasteiger partial charge in [0, 0.05) is 25.0 Å². The summed E-state index contributed by atoms with van der Waals surface area (Å²) in [4.78, 5) is 0. The van der Waals surface area contributed by atoms with Crippen molar-refractivity contribution < 1.29 is 9.47 Å². The normalized spacial score (nSPS) is 18.3. The molecule has 6 nitrogen and oxygen atoms in total. The molecular formula is C16H28N4O2. The van der Waals surface area contributed by atoms with Crippen LogP contribution in [0.4, 0.5) is 0 Å². The number of nitrogens with zero attached hydrogens (tertiary/aromatic N) is 4. The van der Waals surface area contributed by atoms with Crippen LogP contribution in [0.15, 0.2) is 10.2 Å². The van der Waals surface area contributed by atoms with Crippen molar-refractivity contribution in [3.8, 4) is 12.1 Å². The molecule has 0 fully saturated rings. The van der Waals surface area contributed by atoms with E-state index >= 15 is 0 Å². The van der Waals surface area contributed by atoms with Crippen LogP contribution in [0.3, 0.4) is 0 Å². The van der Waals surface area contributed by atoms with E-state index in [1.807, 2.05) is 41.5 Å². The Morgan fingerprint density at radius 2 is 1.05 bits per heavy atom. The van der Waals surface area contributed by atoms with Crippen LogP contribution in [0.25, 0.3) is 0 Å². The molecule has 0 spiro atoms. The molecule has 0 bridgehead atoms.